The Bertz CT molecular complexity index is 476. The van der Waals surface area contributed by atoms with Crippen molar-refractivity contribution >= 4 is 11.6 Å². The molecule has 1 aromatic rings. The number of nitrogen functional groups attached to an aromatic ring is 1. The second-order valence-electron chi connectivity index (χ2n) is 6.19. The molecule has 0 radical (unpaired) electrons. The molecule has 2 saturated carbocycles. The Balaban J connectivity index is 1.78. The molecule has 0 bridgehead atoms. The number of anilines is 1. The molecule has 0 heterocycles. The summed E-state index contributed by atoms with van der Waals surface area (Å²) in [4.78, 5) is 14.7. The van der Waals surface area contributed by atoms with Crippen molar-refractivity contribution in [1.29, 1.82) is 0 Å². The van der Waals surface area contributed by atoms with E-state index in [-0.39, 0.29) is 5.91 Å². The van der Waals surface area contributed by atoms with E-state index in [9.17, 15) is 4.79 Å². The van der Waals surface area contributed by atoms with Crippen LogP contribution in [0.15, 0.2) is 18.2 Å². The van der Waals surface area contributed by atoms with E-state index in [0.29, 0.717) is 11.3 Å². The summed E-state index contributed by atoms with van der Waals surface area (Å²) in [6, 6.07) is 5.72. The molecule has 2 fully saturated rings. The Morgan fingerprint density at radius 2 is 1.79 bits per heavy atom. The number of carbonyl (C=O) groups is 1. The van der Waals surface area contributed by atoms with Gasteiger partial charge in [-0.05, 0) is 56.6 Å². The fraction of sp³-hybridized carbons (Fsp3) is 0.562. The number of benzene rings is 1. The zero-order chi connectivity index (χ0) is 13.4. The highest BCUT2D eigenvalue weighted by molar-refractivity contribution is 5.99. The summed E-state index contributed by atoms with van der Waals surface area (Å²) < 4.78 is 0. The molecule has 3 nitrogen and oxygen atoms in total. The first-order chi connectivity index (χ1) is 9.13. The monoisotopic (exact) mass is 258 g/mol. The molecule has 0 atom stereocenters. The quantitative estimate of drug-likeness (QED) is 0.825. The number of hydrogen-bond donors (Lipinski definition) is 1. The number of nitrogens with two attached hydrogens (primary N) is 1. The average Bonchev–Trinajstić information content (AvgIpc) is 3.25. The normalized spacial score (nSPS) is 18.4. The molecule has 102 valence electrons. The summed E-state index contributed by atoms with van der Waals surface area (Å²) in [5.74, 6) is 1.59. The fourth-order valence-electron chi connectivity index (χ4n) is 2.49. The predicted octanol–water partition coefficient (Wildman–Crippen LogP) is 2.84. The molecule has 3 heteroatoms. The van der Waals surface area contributed by atoms with E-state index < -0.39 is 0 Å². The van der Waals surface area contributed by atoms with Crippen LogP contribution >= 0.6 is 0 Å². The molecule has 1 amide bonds. The largest absolute Gasteiger partial charge is 0.398 e. The maximum absolute atomic E-state index is 12.7. The third-order valence-corrected chi connectivity index (χ3v) is 4.08. The van der Waals surface area contributed by atoms with Gasteiger partial charge in [-0.3, -0.25) is 4.79 Å². The molecule has 2 N–H and O–H groups in total. The number of amides is 1. The molecule has 0 aromatic heterocycles. The molecule has 2 aliphatic rings. The second kappa shape index (κ2) is 4.87. The van der Waals surface area contributed by atoms with Gasteiger partial charge in [0.1, 0.15) is 0 Å². The van der Waals surface area contributed by atoms with Crippen LogP contribution in [-0.4, -0.2) is 23.9 Å². The van der Waals surface area contributed by atoms with Crippen molar-refractivity contribution < 1.29 is 4.79 Å². The van der Waals surface area contributed by atoms with Crippen molar-refractivity contribution in [1.82, 2.24) is 4.90 Å². The Hall–Kier alpha value is -1.51. The SMILES string of the molecule is Cc1ccc(N)c(C(=O)N(CC2CC2)CC2CC2)c1. The van der Waals surface area contributed by atoms with Gasteiger partial charge in [-0.1, -0.05) is 11.6 Å². The molecule has 0 aliphatic heterocycles. The van der Waals surface area contributed by atoms with Crippen LogP contribution in [-0.2, 0) is 0 Å². The molecule has 0 spiro atoms. The molecule has 0 saturated heterocycles. The molecular weight excluding hydrogens is 236 g/mol. The van der Waals surface area contributed by atoms with Gasteiger partial charge >= 0.3 is 0 Å². The van der Waals surface area contributed by atoms with Gasteiger partial charge in [0.15, 0.2) is 0 Å². The van der Waals surface area contributed by atoms with Gasteiger partial charge in [0.05, 0.1) is 5.56 Å². The van der Waals surface area contributed by atoms with Crippen molar-refractivity contribution in [2.45, 2.75) is 32.6 Å². The first-order valence-electron chi connectivity index (χ1n) is 7.29. The second-order valence-corrected chi connectivity index (χ2v) is 6.19. The van der Waals surface area contributed by atoms with E-state index in [4.69, 9.17) is 5.73 Å². The Kier molecular flexibility index (Phi) is 3.21. The number of nitrogens with zero attached hydrogens (tertiary/aromatic N) is 1. The van der Waals surface area contributed by atoms with Crippen LogP contribution in [0.3, 0.4) is 0 Å². The van der Waals surface area contributed by atoms with Crippen LogP contribution in [0.25, 0.3) is 0 Å². The lowest BCUT2D eigenvalue weighted by Gasteiger charge is -2.23. The van der Waals surface area contributed by atoms with Crippen LogP contribution in [0.4, 0.5) is 5.69 Å². The standard InChI is InChI=1S/C16H22N2O/c1-11-2-7-15(17)14(8-11)16(19)18(9-12-3-4-12)10-13-5-6-13/h2,7-8,12-13H,3-6,9-10,17H2,1H3. The number of rotatable bonds is 5. The highest BCUT2D eigenvalue weighted by Gasteiger charge is 2.32. The lowest BCUT2D eigenvalue weighted by atomic mass is 10.1. The van der Waals surface area contributed by atoms with Gasteiger partial charge in [-0.25, -0.2) is 0 Å². The maximum Gasteiger partial charge on any atom is 0.255 e. The third-order valence-electron chi connectivity index (χ3n) is 4.08. The Morgan fingerprint density at radius 3 is 2.32 bits per heavy atom. The summed E-state index contributed by atoms with van der Waals surface area (Å²) in [6.45, 7) is 3.84. The zero-order valence-electron chi connectivity index (χ0n) is 11.6. The van der Waals surface area contributed by atoms with E-state index in [1.165, 1.54) is 25.7 Å². The molecule has 2 aliphatic carbocycles. The average molecular weight is 258 g/mol. The van der Waals surface area contributed by atoms with Crippen LogP contribution < -0.4 is 5.73 Å². The summed E-state index contributed by atoms with van der Waals surface area (Å²) in [5, 5.41) is 0. The van der Waals surface area contributed by atoms with Gasteiger partial charge < -0.3 is 10.6 Å². The van der Waals surface area contributed by atoms with E-state index in [1.807, 2.05) is 30.0 Å². The van der Waals surface area contributed by atoms with E-state index in [2.05, 4.69) is 0 Å². The number of hydrogen-bond acceptors (Lipinski definition) is 2. The van der Waals surface area contributed by atoms with Gasteiger partial charge in [0, 0.05) is 18.8 Å². The smallest absolute Gasteiger partial charge is 0.255 e. The highest BCUT2D eigenvalue weighted by Crippen LogP contribution is 2.34. The molecular formula is C16H22N2O. The van der Waals surface area contributed by atoms with E-state index >= 15 is 0 Å². The molecule has 3 rings (SSSR count). The minimum Gasteiger partial charge on any atom is -0.398 e. The van der Waals surface area contributed by atoms with E-state index in [1.54, 1.807) is 0 Å². The maximum atomic E-state index is 12.7. The third kappa shape index (κ3) is 3.09. The van der Waals surface area contributed by atoms with Crippen LogP contribution in [0, 0.1) is 18.8 Å². The lowest BCUT2D eigenvalue weighted by molar-refractivity contribution is 0.0740. The van der Waals surface area contributed by atoms with Crippen LogP contribution in [0.5, 0.6) is 0 Å². The summed E-state index contributed by atoms with van der Waals surface area (Å²) in [6.07, 6.45) is 5.10. The van der Waals surface area contributed by atoms with Crippen LogP contribution in [0.1, 0.15) is 41.6 Å². The van der Waals surface area contributed by atoms with Crippen molar-refractivity contribution in [3.63, 3.8) is 0 Å². The van der Waals surface area contributed by atoms with Crippen LogP contribution in [0.2, 0.25) is 0 Å². The van der Waals surface area contributed by atoms with Crippen molar-refractivity contribution in [3.05, 3.63) is 29.3 Å². The summed E-state index contributed by atoms with van der Waals surface area (Å²) >= 11 is 0. The topological polar surface area (TPSA) is 46.3 Å². The first kappa shape index (κ1) is 12.5. The van der Waals surface area contributed by atoms with Crippen molar-refractivity contribution in [2.24, 2.45) is 11.8 Å². The Labute approximate surface area is 114 Å². The zero-order valence-corrected chi connectivity index (χ0v) is 11.6. The van der Waals surface area contributed by atoms with Gasteiger partial charge in [0.25, 0.3) is 5.91 Å². The highest BCUT2D eigenvalue weighted by atomic mass is 16.2. The summed E-state index contributed by atoms with van der Waals surface area (Å²) in [7, 11) is 0. The van der Waals surface area contributed by atoms with Gasteiger partial charge in [-0.2, -0.15) is 0 Å². The lowest BCUT2D eigenvalue weighted by Crippen LogP contribution is -2.35. The summed E-state index contributed by atoms with van der Waals surface area (Å²) in [5.41, 5.74) is 8.35. The van der Waals surface area contributed by atoms with Crippen molar-refractivity contribution in [2.75, 3.05) is 18.8 Å². The molecule has 0 unspecified atom stereocenters. The first-order valence-corrected chi connectivity index (χ1v) is 7.29. The molecule has 1 aromatic carbocycles. The number of carbonyl (C=O) groups excluding carboxylic acids is 1. The minimum absolute atomic E-state index is 0.125. The number of aryl methyl sites for hydroxylation is 1. The van der Waals surface area contributed by atoms with Gasteiger partial charge in [-0.15, -0.1) is 0 Å². The fourth-order valence-corrected chi connectivity index (χ4v) is 2.49. The van der Waals surface area contributed by atoms with Gasteiger partial charge in [0.2, 0.25) is 0 Å². The van der Waals surface area contributed by atoms with E-state index in [0.717, 1.165) is 30.5 Å². The Morgan fingerprint density at radius 1 is 1.21 bits per heavy atom. The molecule has 19 heavy (non-hydrogen) atoms. The van der Waals surface area contributed by atoms with Crippen molar-refractivity contribution in [3.8, 4) is 0 Å². The predicted molar refractivity (Wildman–Crippen MR) is 76.9 cm³/mol. The minimum atomic E-state index is 0.125.